The van der Waals surface area contributed by atoms with Crippen molar-refractivity contribution in [2.24, 2.45) is 5.92 Å². The molecule has 0 radical (unpaired) electrons. The number of hydrogen-bond acceptors (Lipinski definition) is 3. The van der Waals surface area contributed by atoms with Gasteiger partial charge in [0.25, 0.3) is 0 Å². The quantitative estimate of drug-likeness (QED) is 0.757. The second kappa shape index (κ2) is 8.80. The Balaban J connectivity index is 1.72. The lowest BCUT2D eigenvalue weighted by Crippen LogP contribution is -2.50. The zero-order valence-corrected chi connectivity index (χ0v) is 14.7. The maximum Gasteiger partial charge on any atom is 0.315 e. The van der Waals surface area contributed by atoms with Crippen molar-refractivity contribution < 1.29 is 19.1 Å². The fourth-order valence-electron chi connectivity index (χ4n) is 2.87. The summed E-state index contributed by atoms with van der Waals surface area (Å²) in [4.78, 5) is 25.7. The first-order chi connectivity index (χ1) is 11.9. The average Bonchev–Trinajstić information content (AvgIpc) is 2.59. The van der Waals surface area contributed by atoms with Crippen molar-refractivity contribution in [2.45, 2.75) is 38.8 Å². The number of likely N-dealkylation sites (tertiary alicyclic amines) is 1. The van der Waals surface area contributed by atoms with Crippen molar-refractivity contribution in [3.63, 3.8) is 0 Å². The van der Waals surface area contributed by atoms with Crippen LogP contribution in [0.2, 0.25) is 0 Å². The molecule has 25 heavy (non-hydrogen) atoms. The van der Waals surface area contributed by atoms with Gasteiger partial charge in [-0.1, -0.05) is 26.0 Å². The Hall–Kier alpha value is -2.15. The van der Waals surface area contributed by atoms with E-state index in [9.17, 15) is 19.1 Å². The van der Waals surface area contributed by atoms with Gasteiger partial charge in [-0.3, -0.25) is 4.79 Å². The fourth-order valence-corrected chi connectivity index (χ4v) is 2.87. The standard InChI is InChI=1S/C18H26FN3O3/c1-12(2)17(24)22-8-6-15(7-9-22)21-18(25)20-11-16(23)13-4-3-5-14(19)10-13/h3-5,10,12,15-16,23H,6-9,11H2,1-2H3,(H2,20,21,25)/t16-/m1/s1. The minimum atomic E-state index is -0.966. The van der Waals surface area contributed by atoms with E-state index in [1.54, 1.807) is 6.07 Å². The van der Waals surface area contributed by atoms with Crippen molar-refractivity contribution >= 4 is 11.9 Å². The van der Waals surface area contributed by atoms with E-state index in [0.29, 0.717) is 31.5 Å². The molecule has 138 valence electrons. The van der Waals surface area contributed by atoms with Crippen molar-refractivity contribution in [2.75, 3.05) is 19.6 Å². The van der Waals surface area contributed by atoms with E-state index in [2.05, 4.69) is 10.6 Å². The first-order valence-electron chi connectivity index (χ1n) is 8.63. The maximum absolute atomic E-state index is 13.1. The number of aliphatic hydroxyl groups is 1. The normalized spacial score (nSPS) is 16.6. The molecule has 0 aliphatic carbocycles. The number of nitrogens with zero attached hydrogens (tertiary/aromatic N) is 1. The van der Waals surface area contributed by atoms with Crippen LogP contribution in [0.3, 0.4) is 0 Å². The summed E-state index contributed by atoms with van der Waals surface area (Å²) < 4.78 is 13.1. The summed E-state index contributed by atoms with van der Waals surface area (Å²) in [5.41, 5.74) is 0.417. The van der Waals surface area contributed by atoms with Crippen molar-refractivity contribution in [3.8, 4) is 0 Å². The van der Waals surface area contributed by atoms with Gasteiger partial charge in [0.2, 0.25) is 5.91 Å². The smallest absolute Gasteiger partial charge is 0.315 e. The van der Waals surface area contributed by atoms with Crippen LogP contribution in [0, 0.1) is 11.7 Å². The van der Waals surface area contributed by atoms with Gasteiger partial charge in [0.15, 0.2) is 0 Å². The number of amides is 3. The Morgan fingerprint density at radius 2 is 2.00 bits per heavy atom. The number of aliphatic hydroxyl groups excluding tert-OH is 1. The average molecular weight is 351 g/mol. The Morgan fingerprint density at radius 1 is 1.32 bits per heavy atom. The summed E-state index contributed by atoms with van der Waals surface area (Å²) in [5.74, 6) is -0.304. The number of carbonyl (C=O) groups excluding carboxylic acids is 2. The lowest BCUT2D eigenvalue weighted by molar-refractivity contribution is -0.135. The van der Waals surface area contributed by atoms with Gasteiger partial charge >= 0.3 is 6.03 Å². The molecule has 1 aliphatic heterocycles. The first-order valence-corrected chi connectivity index (χ1v) is 8.63. The van der Waals surface area contributed by atoms with E-state index in [0.717, 1.165) is 0 Å². The van der Waals surface area contributed by atoms with Crippen molar-refractivity contribution in [1.82, 2.24) is 15.5 Å². The van der Waals surface area contributed by atoms with Gasteiger partial charge in [-0.05, 0) is 30.5 Å². The summed E-state index contributed by atoms with van der Waals surface area (Å²) in [5, 5.41) is 15.4. The van der Waals surface area contributed by atoms with Crippen LogP contribution >= 0.6 is 0 Å². The fraction of sp³-hybridized carbons (Fsp3) is 0.556. The summed E-state index contributed by atoms with van der Waals surface area (Å²) in [6, 6.07) is 5.29. The number of rotatable bonds is 5. The molecule has 0 saturated carbocycles. The minimum Gasteiger partial charge on any atom is -0.387 e. The molecule has 3 amide bonds. The van der Waals surface area contributed by atoms with Crippen LogP contribution < -0.4 is 10.6 Å². The number of carbonyl (C=O) groups is 2. The Kier molecular flexibility index (Phi) is 6.75. The van der Waals surface area contributed by atoms with Crippen LogP contribution in [0.5, 0.6) is 0 Å². The van der Waals surface area contributed by atoms with E-state index in [1.165, 1.54) is 18.2 Å². The molecular formula is C18H26FN3O3. The van der Waals surface area contributed by atoms with Crippen molar-refractivity contribution in [3.05, 3.63) is 35.6 Å². The summed E-state index contributed by atoms with van der Waals surface area (Å²) in [7, 11) is 0. The molecule has 0 bridgehead atoms. The number of hydrogen-bond donors (Lipinski definition) is 3. The van der Waals surface area contributed by atoms with Gasteiger partial charge in [0, 0.05) is 31.6 Å². The molecule has 0 unspecified atom stereocenters. The number of urea groups is 1. The molecule has 0 spiro atoms. The second-order valence-electron chi connectivity index (χ2n) is 6.68. The van der Waals surface area contributed by atoms with Gasteiger partial charge < -0.3 is 20.6 Å². The summed E-state index contributed by atoms with van der Waals surface area (Å²) >= 11 is 0. The SMILES string of the molecule is CC(C)C(=O)N1CCC(NC(=O)NC[C@@H](O)c2cccc(F)c2)CC1. The third-order valence-corrected chi connectivity index (χ3v) is 4.33. The van der Waals surface area contributed by atoms with Gasteiger partial charge in [0.05, 0.1) is 6.10 Å². The van der Waals surface area contributed by atoms with Crippen LogP contribution in [-0.4, -0.2) is 47.6 Å². The van der Waals surface area contributed by atoms with Crippen LogP contribution in [0.15, 0.2) is 24.3 Å². The number of benzene rings is 1. The van der Waals surface area contributed by atoms with Crippen LogP contribution in [0.4, 0.5) is 9.18 Å². The number of halogens is 1. The monoisotopic (exact) mass is 351 g/mol. The van der Waals surface area contributed by atoms with Crippen LogP contribution in [0.1, 0.15) is 38.4 Å². The van der Waals surface area contributed by atoms with E-state index in [-0.39, 0.29) is 30.4 Å². The minimum absolute atomic E-state index is 0.0000327. The highest BCUT2D eigenvalue weighted by molar-refractivity contribution is 5.78. The molecule has 1 saturated heterocycles. The predicted molar refractivity (Wildman–Crippen MR) is 92.3 cm³/mol. The molecule has 2 rings (SSSR count). The third-order valence-electron chi connectivity index (χ3n) is 4.33. The molecule has 3 N–H and O–H groups in total. The summed E-state index contributed by atoms with van der Waals surface area (Å²) in [6.07, 6.45) is 0.448. The predicted octanol–water partition coefficient (Wildman–Crippen LogP) is 1.81. The lowest BCUT2D eigenvalue weighted by Gasteiger charge is -2.33. The van der Waals surface area contributed by atoms with Gasteiger partial charge in [-0.2, -0.15) is 0 Å². The molecule has 1 aromatic rings. The molecule has 0 aromatic heterocycles. The van der Waals surface area contributed by atoms with E-state index in [1.807, 2.05) is 18.7 Å². The Labute approximate surface area is 147 Å². The van der Waals surface area contributed by atoms with Gasteiger partial charge in [-0.25, -0.2) is 9.18 Å². The maximum atomic E-state index is 13.1. The lowest BCUT2D eigenvalue weighted by atomic mass is 10.0. The van der Waals surface area contributed by atoms with E-state index >= 15 is 0 Å². The van der Waals surface area contributed by atoms with Crippen molar-refractivity contribution in [1.29, 1.82) is 0 Å². The molecule has 6 nitrogen and oxygen atoms in total. The topological polar surface area (TPSA) is 81.7 Å². The molecule has 1 heterocycles. The van der Waals surface area contributed by atoms with Gasteiger partial charge in [-0.15, -0.1) is 0 Å². The number of nitrogens with one attached hydrogen (secondary N) is 2. The third kappa shape index (κ3) is 5.70. The Morgan fingerprint density at radius 3 is 2.60 bits per heavy atom. The Bertz CT molecular complexity index is 601. The zero-order valence-electron chi connectivity index (χ0n) is 14.7. The zero-order chi connectivity index (χ0) is 18.4. The van der Waals surface area contributed by atoms with Crippen LogP contribution in [0.25, 0.3) is 0 Å². The summed E-state index contributed by atoms with van der Waals surface area (Å²) in [6.45, 7) is 5.02. The van der Waals surface area contributed by atoms with E-state index in [4.69, 9.17) is 0 Å². The number of piperidine rings is 1. The molecule has 1 atom stereocenters. The van der Waals surface area contributed by atoms with E-state index < -0.39 is 11.9 Å². The highest BCUT2D eigenvalue weighted by Crippen LogP contribution is 2.14. The largest absolute Gasteiger partial charge is 0.387 e. The molecular weight excluding hydrogens is 325 g/mol. The van der Waals surface area contributed by atoms with Crippen LogP contribution in [-0.2, 0) is 4.79 Å². The molecule has 1 fully saturated rings. The highest BCUT2D eigenvalue weighted by atomic mass is 19.1. The first kappa shape index (κ1) is 19.2. The molecule has 7 heteroatoms. The molecule has 1 aliphatic rings. The van der Waals surface area contributed by atoms with Gasteiger partial charge in [0.1, 0.15) is 5.82 Å². The highest BCUT2D eigenvalue weighted by Gasteiger charge is 2.25. The molecule has 1 aromatic carbocycles. The second-order valence-corrected chi connectivity index (χ2v) is 6.68.